The highest BCUT2D eigenvalue weighted by Gasteiger charge is 2.22. The summed E-state index contributed by atoms with van der Waals surface area (Å²) in [6, 6.07) is 2.48. The van der Waals surface area contributed by atoms with E-state index in [9.17, 15) is 8.78 Å². The van der Waals surface area contributed by atoms with Crippen LogP contribution in [0.1, 0.15) is 0 Å². The molecule has 0 amide bonds. The van der Waals surface area contributed by atoms with E-state index in [1.165, 1.54) is 10.6 Å². The molecular formula is C13H13F2N7. The van der Waals surface area contributed by atoms with Crippen LogP contribution in [0.3, 0.4) is 0 Å². The van der Waals surface area contributed by atoms with Crippen molar-refractivity contribution >= 4 is 22.5 Å². The first-order valence-electron chi connectivity index (χ1n) is 6.94. The van der Waals surface area contributed by atoms with Crippen LogP contribution in [0.15, 0.2) is 12.1 Å². The van der Waals surface area contributed by atoms with Crippen molar-refractivity contribution in [3.05, 3.63) is 23.8 Å². The van der Waals surface area contributed by atoms with Crippen LogP contribution in [-0.2, 0) is 0 Å². The summed E-state index contributed by atoms with van der Waals surface area (Å²) in [4.78, 5) is 8.50. The number of anilines is 1. The molecule has 0 bridgehead atoms. The molecule has 0 aliphatic carbocycles. The average Bonchev–Trinajstić information content (AvgIpc) is 3.01. The minimum absolute atomic E-state index is 0.0614. The predicted octanol–water partition coefficient (Wildman–Crippen LogP) is 0.702. The molecule has 0 spiro atoms. The van der Waals surface area contributed by atoms with E-state index in [4.69, 9.17) is 0 Å². The van der Waals surface area contributed by atoms with Gasteiger partial charge in [0.15, 0.2) is 17.5 Å². The summed E-state index contributed by atoms with van der Waals surface area (Å²) in [7, 11) is 2.04. The zero-order valence-corrected chi connectivity index (χ0v) is 11.9. The number of halogens is 2. The van der Waals surface area contributed by atoms with Gasteiger partial charge in [-0.15, -0.1) is 5.10 Å². The van der Waals surface area contributed by atoms with Gasteiger partial charge in [-0.2, -0.15) is 4.52 Å². The first-order chi connectivity index (χ1) is 10.6. The van der Waals surface area contributed by atoms with E-state index < -0.39 is 11.6 Å². The number of benzene rings is 1. The van der Waals surface area contributed by atoms with Gasteiger partial charge in [-0.3, -0.25) is 0 Å². The molecule has 2 aromatic heterocycles. The van der Waals surface area contributed by atoms with Crippen molar-refractivity contribution in [3.8, 4) is 0 Å². The molecule has 22 heavy (non-hydrogen) atoms. The number of nitrogens with zero attached hydrogens (tertiary/aromatic N) is 7. The van der Waals surface area contributed by atoms with Crippen LogP contribution >= 0.6 is 0 Å². The second kappa shape index (κ2) is 4.80. The highest BCUT2D eigenvalue weighted by atomic mass is 19.2. The van der Waals surface area contributed by atoms with Crippen molar-refractivity contribution in [2.45, 2.75) is 0 Å². The molecule has 114 valence electrons. The van der Waals surface area contributed by atoms with Crippen LogP contribution in [0.5, 0.6) is 0 Å². The Hall–Kier alpha value is -2.42. The fourth-order valence-electron chi connectivity index (χ4n) is 2.68. The lowest BCUT2D eigenvalue weighted by Crippen LogP contribution is -2.45. The van der Waals surface area contributed by atoms with Crippen LogP contribution in [0.25, 0.3) is 16.7 Å². The lowest BCUT2D eigenvalue weighted by atomic mass is 10.2. The van der Waals surface area contributed by atoms with Crippen molar-refractivity contribution in [1.82, 2.24) is 29.9 Å². The normalized spacial score (nSPS) is 16.8. The number of hydrogen-bond acceptors (Lipinski definition) is 6. The van der Waals surface area contributed by atoms with Gasteiger partial charge in [0.05, 0.1) is 5.52 Å². The molecule has 0 N–H and O–H groups in total. The van der Waals surface area contributed by atoms with Gasteiger partial charge in [0.25, 0.3) is 0 Å². The quantitative estimate of drug-likeness (QED) is 0.659. The van der Waals surface area contributed by atoms with E-state index in [-0.39, 0.29) is 5.52 Å². The second-order valence-electron chi connectivity index (χ2n) is 5.37. The third-order valence-electron chi connectivity index (χ3n) is 3.97. The zero-order valence-electron chi connectivity index (χ0n) is 11.9. The van der Waals surface area contributed by atoms with Crippen LogP contribution in [0.4, 0.5) is 14.6 Å². The van der Waals surface area contributed by atoms with Gasteiger partial charge in [-0.1, -0.05) is 0 Å². The molecular weight excluding hydrogens is 292 g/mol. The molecule has 0 saturated carbocycles. The summed E-state index contributed by atoms with van der Waals surface area (Å²) >= 11 is 0. The predicted molar refractivity (Wildman–Crippen MR) is 75.7 cm³/mol. The first-order valence-corrected chi connectivity index (χ1v) is 6.94. The Kier molecular flexibility index (Phi) is 2.89. The van der Waals surface area contributed by atoms with Gasteiger partial charge in [0.2, 0.25) is 5.65 Å². The summed E-state index contributed by atoms with van der Waals surface area (Å²) < 4.78 is 29.0. The summed E-state index contributed by atoms with van der Waals surface area (Å²) in [6.45, 7) is 3.18. The number of likely N-dealkylation sites (N-methyl/N-ethyl adjacent to an activating group) is 1. The van der Waals surface area contributed by atoms with E-state index in [0.29, 0.717) is 17.0 Å². The molecule has 4 rings (SSSR count). The number of aromatic nitrogens is 5. The standard InChI is InChI=1S/C13H13F2N7/c1-20-4-6-21(7-5-20)12-13-17-18-19-22(13)9-3-2-8(14)10(15)11(9)16-12/h2-3H,4-7H2,1H3. The lowest BCUT2D eigenvalue weighted by Gasteiger charge is -2.33. The Morgan fingerprint density at radius 1 is 1.09 bits per heavy atom. The molecule has 1 fully saturated rings. The Bertz CT molecular complexity index is 854. The third kappa shape index (κ3) is 1.89. The fourth-order valence-corrected chi connectivity index (χ4v) is 2.68. The second-order valence-corrected chi connectivity index (χ2v) is 5.37. The summed E-state index contributed by atoms with van der Waals surface area (Å²) in [6.07, 6.45) is 0. The van der Waals surface area contributed by atoms with Crippen molar-refractivity contribution in [3.63, 3.8) is 0 Å². The van der Waals surface area contributed by atoms with Gasteiger partial charge in [-0.05, 0) is 29.6 Å². The smallest absolute Gasteiger partial charge is 0.222 e. The van der Waals surface area contributed by atoms with Gasteiger partial charge in [-0.25, -0.2) is 13.8 Å². The van der Waals surface area contributed by atoms with Crippen molar-refractivity contribution < 1.29 is 8.78 Å². The Balaban J connectivity index is 1.96. The molecule has 1 aromatic carbocycles. The molecule has 3 heterocycles. The highest BCUT2D eigenvalue weighted by molar-refractivity contribution is 5.83. The Morgan fingerprint density at radius 2 is 1.86 bits per heavy atom. The van der Waals surface area contributed by atoms with Crippen LogP contribution in [0, 0.1) is 11.6 Å². The minimum atomic E-state index is -0.981. The fraction of sp³-hybridized carbons (Fsp3) is 0.385. The van der Waals surface area contributed by atoms with Crippen LogP contribution in [-0.4, -0.2) is 63.2 Å². The van der Waals surface area contributed by atoms with Crippen molar-refractivity contribution in [2.24, 2.45) is 0 Å². The SMILES string of the molecule is CN1CCN(c2nc3c(F)c(F)ccc3n3nnnc23)CC1. The van der Waals surface area contributed by atoms with E-state index in [0.717, 1.165) is 32.2 Å². The summed E-state index contributed by atoms with van der Waals surface area (Å²) in [5, 5.41) is 11.5. The van der Waals surface area contributed by atoms with Crippen LogP contribution < -0.4 is 4.90 Å². The van der Waals surface area contributed by atoms with E-state index in [1.807, 2.05) is 11.9 Å². The van der Waals surface area contributed by atoms with E-state index >= 15 is 0 Å². The molecule has 0 radical (unpaired) electrons. The molecule has 0 unspecified atom stereocenters. The van der Waals surface area contributed by atoms with Crippen molar-refractivity contribution in [1.29, 1.82) is 0 Å². The maximum Gasteiger partial charge on any atom is 0.222 e. The van der Waals surface area contributed by atoms with Gasteiger partial charge < -0.3 is 9.80 Å². The molecule has 1 aliphatic heterocycles. The highest BCUT2D eigenvalue weighted by Crippen LogP contribution is 2.25. The minimum Gasteiger partial charge on any atom is -0.351 e. The first kappa shape index (κ1) is 13.3. The van der Waals surface area contributed by atoms with Crippen molar-refractivity contribution in [2.75, 3.05) is 38.1 Å². The van der Waals surface area contributed by atoms with Gasteiger partial charge in [0.1, 0.15) is 5.52 Å². The molecule has 3 aromatic rings. The number of piperazine rings is 1. The number of tetrazole rings is 1. The molecule has 0 atom stereocenters. The monoisotopic (exact) mass is 305 g/mol. The zero-order chi connectivity index (χ0) is 15.3. The third-order valence-corrected chi connectivity index (χ3v) is 3.97. The largest absolute Gasteiger partial charge is 0.351 e. The molecule has 1 aliphatic rings. The van der Waals surface area contributed by atoms with Gasteiger partial charge in [0, 0.05) is 26.2 Å². The van der Waals surface area contributed by atoms with Crippen LogP contribution in [0.2, 0.25) is 0 Å². The van der Waals surface area contributed by atoms with E-state index in [1.54, 1.807) is 0 Å². The Labute approximate surface area is 124 Å². The van der Waals surface area contributed by atoms with Gasteiger partial charge >= 0.3 is 0 Å². The average molecular weight is 305 g/mol. The molecule has 9 heteroatoms. The lowest BCUT2D eigenvalue weighted by molar-refractivity contribution is 0.312. The maximum atomic E-state index is 14.1. The number of hydrogen-bond donors (Lipinski definition) is 0. The summed E-state index contributed by atoms with van der Waals surface area (Å²) in [5.41, 5.74) is 0.730. The van der Waals surface area contributed by atoms with E-state index in [2.05, 4.69) is 25.4 Å². The number of rotatable bonds is 1. The molecule has 1 saturated heterocycles. The number of fused-ring (bicyclic) bond motifs is 3. The Morgan fingerprint density at radius 3 is 2.64 bits per heavy atom. The topological polar surface area (TPSA) is 62.5 Å². The summed E-state index contributed by atoms with van der Waals surface area (Å²) in [5.74, 6) is -1.43. The molecule has 7 nitrogen and oxygen atoms in total. The maximum absolute atomic E-state index is 14.1.